The quantitative estimate of drug-likeness (QED) is 0.643. The number of likely N-dealkylation sites (tertiary alicyclic amines) is 1. The Bertz CT molecular complexity index is 463. The highest BCUT2D eigenvalue weighted by Crippen LogP contribution is 2.31. The van der Waals surface area contributed by atoms with Gasteiger partial charge in [0.15, 0.2) is 5.54 Å². The number of carbonyl (C=O) groups is 2. The smallest absolute Gasteiger partial charge is 0.253 e. The molecule has 18 heavy (non-hydrogen) atoms. The minimum Gasteiger partial charge on any atom is -0.324 e. The van der Waals surface area contributed by atoms with Crippen LogP contribution in [0.4, 0.5) is 5.69 Å². The summed E-state index contributed by atoms with van der Waals surface area (Å²) in [6.07, 6.45) is 1.34. The molecule has 0 radical (unpaired) electrons. The summed E-state index contributed by atoms with van der Waals surface area (Å²) in [6, 6.07) is 9.14. The summed E-state index contributed by atoms with van der Waals surface area (Å²) < 4.78 is 0. The number of likely N-dealkylation sites (N-methyl/N-ethyl adjacent to an activating group) is 1. The lowest BCUT2D eigenvalue weighted by molar-refractivity contribution is -0.134. The van der Waals surface area contributed by atoms with Crippen molar-refractivity contribution < 1.29 is 9.59 Å². The van der Waals surface area contributed by atoms with E-state index in [1.165, 1.54) is 0 Å². The molecule has 1 N–H and O–H groups in total. The van der Waals surface area contributed by atoms with E-state index >= 15 is 0 Å². The third kappa shape index (κ3) is 2.15. The molecular weight excluding hydrogens is 248 g/mol. The van der Waals surface area contributed by atoms with E-state index in [1.54, 1.807) is 24.1 Å². The number of anilines is 1. The Morgan fingerprint density at radius 1 is 1.33 bits per heavy atom. The van der Waals surface area contributed by atoms with Crippen LogP contribution in [-0.4, -0.2) is 35.1 Å². The number of hydrogen-bond donors (Lipinski definition) is 2. The van der Waals surface area contributed by atoms with E-state index in [9.17, 15) is 9.59 Å². The van der Waals surface area contributed by atoms with Crippen LogP contribution < -0.4 is 5.32 Å². The fourth-order valence-electron chi connectivity index (χ4n) is 2.36. The Morgan fingerprint density at radius 2 is 2.00 bits per heavy atom. The van der Waals surface area contributed by atoms with Crippen LogP contribution in [0.3, 0.4) is 0 Å². The maximum atomic E-state index is 12.4. The molecular formula is C13H16N2O2S. The van der Waals surface area contributed by atoms with Gasteiger partial charge in [-0.15, -0.1) is 12.6 Å². The van der Waals surface area contributed by atoms with Gasteiger partial charge in [0, 0.05) is 5.69 Å². The number of para-hydroxylation sites is 1. The van der Waals surface area contributed by atoms with Crippen LogP contribution in [0.2, 0.25) is 0 Å². The lowest BCUT2D eigenvalue weighted by Crippen LogP contribution is -2.55. The number of amides is 1. The topological polar surface area (TPSA) is 49.4 Å². The van der Waals surface area contributed by atoms with Gasteiger partial charge in [0.2, 0.25) is 5.12 Å². The summed E-state index contributed by atoms with van der Waals surface area (Å²) in [5.74, 6) is -0.297. The van der Waals surface area contributed by atoms with Crippen molar-refractivity contribution in [3.8, 4) is 0 Å². The van der Waals surface area contributed by atoms with E-state index in [2.05, 4.69) is 17.9 Å². The number of thiol groups is 1. The Morgan fingerprint density at radius 3 is 2.50 bits per heavy atom. The minimum atomic E-state index is -1.13. The fraction of sp³-hybridized carbons (Fsp3) is 0.385. The zero-order valence-electron chi connectivity index (χ0n) is 10.2. The zero-order valence-corrected chi connectivity index (χ0v) is 11.1. The number of rotatable bonds is 3. The van der Waals surface area contributed by atoms with Crippen molar-refractivity contribution in [2.45, 2.75) is 18.4 Å². The van der Waals surface area contributed by atoms with Crippen molar-refractivity contribution in [3.63, 3.8) is 0 Å². The first-order valence-electron chi connectivity index (χ1n) is 5.88. The average Bonchev–Trinajstić information content (AvgIpc) is 2.73. The van der Waals surface area contributed by atoms with Gasteiger partial charge in [-0.25, -0.2) is 0 Å². The van der Waals surface area contributed by atoms with Crippen molar-refractivity contribution in [1.29, 1.82) is 0 Å². The molecule has 1 heterocycles. The van der Waals surface area contributed by atoms with Crippen molar-refractivity contribution in [1.82, 2.24) is 4.90 Å². The molecule has 1 amide bonds. The zero-order chi connectivity index (χ0) is 13.2. The van der Waals surface area contributed by atoms with Gasteiger partial charge in [-0.1, -0.05) is 18.2 Å². The normalized spacial score (nSPS) is 23.9. The van der Waals surface area contributed by atoms with E-state index in [0.717, 1.165) is 13.0 Å². The van der Waals surface area contributed by atoms with Gasteiger partial charge in [-0.2, -0.15) is 0 Å². The maximum absolute atomic E-state index is 12.4. The lowest BCUT2D eigenvalue weighted by atomic mass is 9.96. The number of nitrogens with one attached hydrogen (secondary N) is 1. The standard InChI is InChI=1S/C13H16N2O2S/c1-15-9-5-8-13(15,12(17)18)11(16)14-10-6-3-2-4-7-10/h2-4,6-7H,5,8-9H2,1H3,(H,14,16)(H,17,18)/t13-/m0/s1. The SMILES string of the molecule is CN1CCC[C@@]1(C(=O)S)C(=O)Nc1ccccc1. The Kier molecular flexibility index (Phi) is 3.73. The van der Waals surface area contributed by atoms with Crippen molar-refractivity contribution in [2.75, 3.05) is 18.9 Å². The highest BCUT2D eigenvalue weighted by molar-refractivity contribution is 7.97. The molecule has 96 valence electrons. The highest BCUT2D eigenvalue weighted by atomic mass is 32.1. The summed E-state index contributed by atoms with van der Waals surface area (Å²) in [6.45, 7) is 0.731. The molecule has 0 bridgehead atoms. The van der Waals surface area contributed by atoms with Crippen LogP contribution in [0.25, 0.3) is 0 Å². The minimum absolute atomic E-state index is 0.297. The molecule has 0 aromatic heterocycles. The molecule has 0 spiro atoms. The maximum Gasteiger partial charge on any atom is 0.253 e. The highest BCUT2D eigenvalue weighted by Gasteiger charge is 2.50. The summed E-state index contributed by atoms with van der Waals surface area (Å²) >= 11 is 3.90. The molecule has 5 heteroatoms. The summed E-state index contributed by atoms with van der Waals surface area (Å²) in [5.41, 5.74) is -0.435. The molecule has 4 nitrogen and oxygen atoms in total. The molecule has 2 rings (SSSR count). The van der Waals surface area contributed by atoms with E-state index in [4.69, 9.17) is 0 Å². The Labute approximate surface area is 112 Å². The van der Waals surface area contributed by atoms with Crippen molar-refractivity contribution in [3.05, 3.63) is 30.3 Å². The molecule has 1 atom stereocenters. The lowest BCUT2D eigenvalue weighted by Gasteiger charge is -2.31. The van der Waals surface area contributed by atoms with Gasteiger partial charge >= 0.3 is 0 Å². The first-order valence-corrected chi connectivity index (χ1v) is 6.33. The first-order chi connectivity index (χ1) is 8.57. The average molecular weight is 264 g/mol. The first kappa shape index (κ1) is 13.1. The summed E-state index contributed by atoms with van der Waals surface area (Å²) in [7, 11) is 1.78. The number of nitrogens with zero attached hydrogens (tertiary/aromatic N) is 1. The Balaban J connectivity index is 2.23. The molecule has 1 fully saturated rings. The molecule has 0 unspecified atom stereocenters. The predicted molar refractivity (Wildman–Crippen MR) is 73.7 cm³/mol. The van der Waals surface area contributed by atoms with Gasteiger partial charge in [0.1, 0.15) is 0 Å². The van der Waals surface area contributed by atoms with E-state index in [-0.39, 0.29) is 5.91 Å². The fourth-order valence-corrected chi connectivity index (χ4v) is 2.75. The second kappa shape index (κ2) is 5.12. The number of benzene rings is 1. The molecule has 1 aliphatic heterocycles. The summed E-state index contributed by atoms with van der Waals surface area (Å²) in [4.78, 5) is 25.9. The molecule has 1 aliphatic rings. The van der Waals surface area contributed by atoms with Gasteiger partial charge in [-0.05, 0) is 38.6 Å². The Hall–Kier alpha value is -1.33. The van der Waals surface area contributed by atoms with Crippen LogP contribution in [-0.2, 0) is 9.59 Å². The van der Waals surface area contributed by atoms with Crippen molar-refractivity contribution in [2.24, 2.45) is 0 Å². The molecule has 1 aromatic rings. The third-order valence-electron chi connectivity index (χ3n) is 3.44. The van der Waals surface area contributed by atoms with Crippen molar-refractivity contribution >= 4 is 29.3 Å². The number of hydrogen-bond acceptors (Lipinski definition) is 3. The summed E-state index contributed by atoms with van der Waals surface area (Å²) in [5, 5.41) is 2.39. The van der Waals surface area contributed by atoms with Gasteiger partial charge < -0.3 is 5.32 Å². The third-order valence-corrected chi connectivity index (χ3v) is 3.81. The molecule has 1 saturated heterocycles. The largest absolute Gasteiger partial charge is 0.324 e. The second-order valence-electron chi connectivity index (χ2n) is 4.51. The van der Waals surface area contributed by atoms with E-state index in [0.29, 0.717) is 12.1 Å². The van der Waals surface area contributed by atoms with Gasteiger partial charge in [0.05, 0.1) is 0 Å². The van der Waals surface area contributed by atoms with Crippen LogP contribution in [0.1, 0.15) is 12.8 Å². The number of carbonyl (C=O) groups excluding carboxylic acids is 2. The van der Waals surface area contributed by atoms with Crippen LogP contribution in [0.5, 0.6) is 0 Å². The molecule has 0 saturated carbocycles. The van der Waals surface area contributed by atoms with Gasteiger partial charge in [-0.3, -0.25) is 14.5 Å². The van der Waals surface area contributed by atoms with Crippen LogP contribution in [0.15, 0.2) is 30.3 Å². The monoisotopic (exact) mass is 264 g/mol. The van der Waals surface area contributed by atoms with Gasteiger partial charge in [0.25, 0.3) is 5.91 Å². The van der Waals surface area contributed by atoms with E-state index in [1.807, 2.05) is 18.2 Å². The predicted octanol–water partition coefficient (Wildman–Crippen LogP) is 1.55. The van der Waals surface area contributed by atoms with E-state index < -0.39 is 10.7 Å². The second-order valence-corrected chi connectivity index (χ2v) is 4.92. The molecule has 0 aliphatic carbocycles. The van der Waals surface area contributed by atoms with Crippen LogP contribution >= 0.6 is 12.6 Å². The van der Waals surface area contributed by atoms with Crippen LogP contribution in [0, 0.1) is 0 Å². The molecule has 1 aromatic carbocycles.